The van der Waals surface area contributed by atoms with Crippen molar-refractivity contribution in [2.24, 2.45) is 5.92 Å². The summed E-state index contributed by atoms with van der Waals surface area (Å²) in [6, 6.07) is 0.587. The van der Waals surface area contributed by atoms with Gasteiger partial charge in [0, 0.05) is 6.04 Å². The van der Waals surface area contributed by atoms with E-state index in [9.17, 15) is 5.11 Å². The highest BCUT2D eigenvalue weighted by Gasteiger charge is 2.23. The predicted molar refractivity (Wildman–Crippen MR) is 71.8 cm³/mol. The monoisotopic (exact) mass is 239 g/mol. The van der Waals surface area contributed by atoms with Crippen LogP contribution in [-0.2, 0) is 0 Å². The van der Waals surface area contributed by atoms with Gasteiger partial charge in [0.25, 0.3) is 0 Å². The SMILES string of the molecule is OC(NC1CCCCC1)C1CCCCCCC1. The van der Waals surface area contributed by atoms with Crippen LogP contribution in [0.25, 0.3) is 0 Å². The fourth-order valence-corrected chi connectivity index (χ4v) is 3.45. The van der Waals surface area contributed by atoms with E-state index in [2.05, 4.69) is 5.32 Å². The molecule has 0 bridgehead atoms. The highest BCUT2D eigenvalue weighted by Crippen LogP contribution is 2.25. The molecule has 2 aliphatic rings. The van der Waals surface area contributed by atoms with Crippen LogP contribution in [0.2, 0.25) is 0 Å². The zero-order chi connectivity index (χ0) is 11.9. The Hall–Kier alpha value is -0.0800. The third kappa shape index (κ3) is 4.59. The van der Waals surface area contributed by atoms with Crippen molar-refractivity contribution in [3.8, 4) is 0 Å². The van der Waals surface area contributed by atoms with E-state index in [1.165, 1.54) is 77.0 Å². The molecule has 2 aliphatic carbocycles. The van der Waals surface area contributed by atoms with Crippen molar-refractivity contribution in [3.05, 3.63) is 0 Å². The van der Waals surface area contributed by atoms with Crippen molar-refractivity contribution in [3.63, 3.8) is 0 Å². The quantitative estimate of drug-likeness (QED) is 0.738. The van der Waals surface area contributed by atoms with Gasteiger partial charge in [-0.15, -0.1) is 0 Å². The van der Waals surface area contributed by atoms with Crippen LogP contribution in [0.15, 0.2) is 0 Å². The van der Waals surface area contributed by atoms with E-state index in [-0.39, 0.29) is 6.23 Å². The van der Waals surface area contributed by atoms with E-state index in [0.29, 0.717) is 12.0 Å². The fourth-order valence-electron chi connectivity index (χ4n) is 3.45. The molecule has 100 valence electrons. The highest BCUT2D eigenvalue weighted by atomic mass is 16.3. The first-order valence-electron chi connectivity index (χ1n) is 7.80. The summed E-state index contributed by atoms with van der Waals surface area (Å²) in [7, 11) is 0. The van der Waals surface area contributed by atoms with Crippen molar-refractivity contribution < 1.29 is 5.11 Å². The van der Waals surface area contributed by atoms with Gasteiger partial charge >= 0.3 is 0 Å². The molecule has 2 N–H and O–H groups in total. The van der Waals surface area contributed by atoms with Crippen molar-refractivity contribution in [2.75, 3.05) is 0 Å². The number of aliphatic hydroxyl groups excluding tert-OH is 1. The maximum Gasteiger partial charge on any atom is 0.107 e. The minimum absolute atomic E-state index is 0.240. The van der Waals surface area contributed by atoms with Crippen LogP contribution in [0.1, 0.15) is 77.0 Å². The number of nitrogens with one attached hydrogen (secondary N) is 1. The third-order valence-electron chi connectivity index (χ3n) is 4.61. The van der Waals surface area contributed by atoms with Crippen LogP contribution < -0.4 is 5.32 Å². The van der Waals surface area contributed by atoms with Gasteiger partial charge in [-0.3, -0.25) is 5.32 Å². The summed E-state index contributed by atoms with van der Waals surface area (Å²) in [5, 5.41) is 13.8. The molecule has 0 radical (unpaired) electrons. The summed E-state index contributed by atoms with van der Waals surface area (Å²) in [5.41, 5.74) is 0. The average molecular weight is 239 g/mol. The summed E-state index contributed by atoms with van der Waals surface area (Å²) in [6.07, 6.45) is 15.6. The van der Waals surface area contributed by atoms with Crippen molar-refractivity contribution in [1.82, 2.24) is 5.32 Å². The molecular weight excluding hydrogens is 210 g/mol. The van der Waals surface area contributed by atoms with Gasteiger partial charge in [0.15, 0.2) is 0 Å². The lowest BCUT2D eigenvalue weighted by Gasteiger charge is -2.31. The van der Waals surface area contributed by atoms with Crippen LogP contribution in [0.5, 0.6) is 0 Å². The van der Waals surface area contributed by atoms with Crippen LogP contribution in [0.4, 0.5) is 0 Å². The molecule has 0 aliphatic heterocycles. The summed E-state index contributed by atoms with van der Waals surface area (Å²) in [5.74, 6) is 0.511. The van der Waals surface area contributed by atoms with Gasteiger partial charge < -0.3 is 5.11 Å². The van der Waals surface area contributed by atoms with E-state index in [1.807, 2.05) is 0 Å². The second-order valence-electron chi connectivity index (χ2n) is 6.05. The molecule has 0 heterocycles. The van der Waals surface area contributed by atoms with Crippen LogP contribution in [0, 0.1) is 5.92 Å². The Morgan fingerprint density at radius 1 is 0.706 bits per heavy atom. The lowest BCUT2D eigenvalue weighted by atomic mass is 9.88. The standard InChI is InChI=1S/C15H29NO/c17-15(16-14-11-7-4-8-12-14)13-9-5-2-1-3-6-10-13/h13-17H,1-12H2. The second kappa shape index (κ2) is 7.38. The Morgan fingerprint density at radius 2 is 1.18 bits per heavy atom. The molecule has 0 saturated heterocycles. The van der Waals surface area contributed by atoms with E-state index >= 15 is 0 Å². The molecule has 1 atom stereocenters. The molecule has 1 unspecified atom stereocenters. The van der Waals surface area contributed by atoms with Crippen LogP contribution >= 0.6 is 0 Å². The first kappa shape index (κ1) is 13.4. The van der Waals surface area contributed by atoms with Gasteiger partial charge in [-0.25, -0.2) is 0 Å². The third-order valence-corrected chi connectivity index (χ3v) is 4.61. The van der Waals surface area contributed by atoms with Gasteiger partial charge in [-0.1, -0.05) is 51.4 Å². The fraction of sp³-hybridized carbons (Fsp3) is 1.00. The maximum absolute atomic E-state index is 10.3. The highest BCUT2D eigenvalue weighted by molar-refractivity contribution is 4.77. The molecule has 17 heavy (non-hydrogen) atoms. The second-order valence-corrected chi connectivity index (χ2v) is 6.05. The molecule has 0 spiro atoms. The van der Waals surface area contributed by atoms with E-state index < -0.39 is 0 Å². The minimum atomic E-state index is -0.240. The molecule has 2 saturated carbocycles. The zero-order valence-corrected chi connectivity index (χ0v) is 11.2. The summed E-state index contributed by atoms with van der Waals surface area (Å²) in [6.45, 7) is 0. The zero-order valence-electron chi connectivity index (χ0n) is 11.2. The molecule has 0 aromatic rings. The van der Waals surface area contributed by atoms with E-state index in [1.54, 1.807) is 0 Å². The number of hydrogen-bond donors (Lipinski definition) is 2. The average Bonchev–Trinajstić information content (AvgIpc) is 2.29. The smallest absolute Gasteiger partial charge is 0.107 e. The lowest BCUT2D eigenvalue weighted by Crippen LogP contribution is -2.43. The van der Waals surface area contributed by atoms with Gasteiger partial charge in [-0.2, -0.15) is 0 Å². The van der Waals surface area contributed by atoms with Gasteiger partial charge in [0.05, 0.1) is 0 Å². The lowest BCUT2D eigenvalue weighted by molar-refractivity contribution is 0.0447. The maximum atomic E-state index is 10.3. The van der Waals surface area contributed by atoms with Crippen LogP contribution in [0.3, 0.4) is 0 Å². The van der Waals surface area contributed by atoms with E-state index in [4.69, 9.17) is 0 Å². The summed E-state index contributed by atoms with van der Waals surface area (Å²) in [4.78, 5) is 0. The molecular formula is C15H29NO. The van der Waals surface area contributed by atoms with Crippen molar-refractivity contribution in [1.29, 1.82) is 0 Å². The Balaban J connectivity index is 1.74. The molecule has 2 heteroatoms. The van der Waals surface area contributed by atoms with Crippen LogP contribution in [-0.4, -0.2) is 17.4 Å². The molecule has 2 fully saturated rings. The normalized spacial score (nSPS) is 27.4. The molecule has 2 nitrogen and oxygen atoms in total. The topological polar surface area (TPSA) is 32.3 Å². The number of rotatable bonds is 3. The largest absolute Gasteiger partial charge is 0.378 e. The molecule has 2 rings (SSSR count). The van der Waals surface area contributed by atoms with E-state index in [0.717, 1.165) is 0 Å². The van der Waals surface area contributed by atoms with Gasteiger partial charge in [0.2, 0.25) is 0 Å². The molecule has 0 amide bonds. The first-order chi connectivity index (χ1) is 8.36. The Labute approximate surface area is 106 Å². The molecule has 0 aromatic heterocycles. The summed E-state index contributed by atoms with van der Waals surface area (Å²) >= 11 is 0. The number of hydrogen-bond acceptors (Lipinski definition) is 2. The summed E-state index contributed by atoms with van der Waals surface area (Å²) < 4.78 is 0. The Bertz CT molecular complexity index is 193. The van der Waals surface area contributed by atoms with Gasteiger partial charge in [0.1, 0.15) is 6.23 Å². The Kier molecular flexibility index (Phi) is 5.79. The van der Waals surface area contributed by atoms with Crippen molar-refractivity contribution in [2.45, 2.75) is 89.3 Å². The minimum Gasteiger partial charge on any atom is -0.378 e. The predicted octanol–water partition coefficient (Wildman–Crippen LogP) is 3.59. The van der Waals surface area contributed by atoms with Gasteiger partial charge in [-0.05, 0) is 31.6 Å². The first-order valence-corrected chi connectivity index (χ1v) is 7.80. The molecule has 0 aromatic carbocycles. The van der Waals surface area contributed by atoms with Crippen molar-refractivity contribution >= 4 is 0 Å². The Morgan fingerprint density at radius 3 is 1.82 bits per heavy atom. The number of aliphatic hydroxyl groups is 1.